The van der Waals surface area contributed by atoms with Gasteiger partial charge in [0.05, 0.1) is 36.8 Å². The summed E-state index contributed by atoms with van der Waals surface area (Å²) in [6, 6.07) is 13.3. The molecule has 7 heteroatoms. The van der Waals surface area contributed by atoms with Crippen LogP contribution in [-0.2, 0) is 14.8 Å². The van der Waals surface area contributed by atoms with E-state index < -0.39 is 10.0 Å². The van der Waals surface area contributed by atoms with Crippen LogP contribution in [0, 0.1) is 0 Å². The van der Waals surface area contributed by atoms with E-state index in [0.717, 1.165) is 5.57 Å². The van der Waals surface area contributed by atoms with Gasteiger partial charge in [-0.3, -0.25) is 4.72 Å². The van der Waals surface area contributed by atoms with Crippen LogP contribution in [-0.4, -0.2) is 29.7 Å². The van der Waals surface area contributed by atoms with Gasteiger partial charge in [-0.25, -0.2) is 8.42 Å². The van der Waals surface area contributed by atoms with Crippen LogP contribution in [0.4, 0.5) is 11.4 Å². The lowest BCUT2D eigenvalue weighted by atomic mass is 10.3. The molecule has 2 aromatic carbocycles. The van der Waals surface area contributed by atoms with Gasteiger partial charge < -0.3 is 14.8 Å². The fraction of sp³-hybridized carbons (Fsp3) is 0.200. The molecule has 2 rings (SSSR count). The number of hydrogen-bond acceptors (Lipinski definition) is 5. The van der Waals surface area contributed by atoms with Crippen LogP contribution >= 0.6 is 0 Å². The number of sulfonamides is 1. The third-order valence-electron chi connectivity index (χ3n) is 3.30. The molecule has 6 nitrogen and oxygen atoms in total. The van der Waals surface area contributed by atoms with Crippen LogP contribution in [0.1, 0.15) is 6.92 Å². The topological polar surface area (TPSA) is 76.7 Å². The third-order valence-corrected chi connectivity index (χ3v) is 4.68. The van der Waals surface area contributed by atoms with Crippen molar-refractivity contribution in [1.29, 1.82) is 0 Å². The number of ether oxygens (including phenoxy) is 2. The summed E-state index contributed by atoms with van der Waals surface area (Å²) < 4.78 is 36.8. The van der Waals surface area contributed by atoms with E-state index in [4.69, 9.17) is 4.74 Å². The van der Waals surface area contributed by atoms with Gasteiger partial charge in [-0.05, 0) is 49.4 Å². The first-order valence-corrected chi connectivity index (χ1v) is 9.61. The third kappa shape index (κ3) is 7.45. The van der Waals surface area contributed by atoms with Crippen LogP contribution in [0.3, 0.4) is 0 Å². The van der Waals surface area contributed by atoms with Gasteiger partial charge in [0.2, 0.25) is 0 Å². The van der Waals surface area contributed by atoms with E-state index in [1.807, 2.05) is 13.0 Å². The van der Waals surface area contributed by atoms with E-state index in [1.54, 1.807) is 56.8 Å². The normalized spacial score (nSPS) is 10.5. The molecule has 0 aliphatic carbocycles. The average Bonchev–Trinajstić information content (AvgIpc) is 2.67. The predicted octanol–water partition coefficient (Wildman–Crippen LogP) is 4.26. The summed E-state index contributed by atoms with van der Waals surface area (Å²) in [7, 11) is 1.26. The number of allylic oxidation sites excluding steroid dienone is 2. The number of methoxy groups -OCH3 is 2. The molecule has 0 heterocycles. The summed E-state index contributed by atoms with van der Waals surface area (Å²) >= 11 is 0. The summed E-state index contributed by atoms with van der Waals surface area (Å²) in [6.45, 7) is 5.54. The summed E-state index contributed by atoms with van der Waals surface area (Å²) in [6.07, 6.45) is 3.41. The lowest BCUT2D eigenvalue weighted by Gasteiger charge is -2.12. The summed E-state index contributed by atoms with van der Waals surface area (Å²) in [4.78, 5) is 0.184. The van der Waals surface area contributed by atoms with Gasteiger partial charge in [0, 0.05) is 7.05 Å². The Morgan fingerprint density at radius 2 is 1.63 bits per heavy atom. The van der Waals surface area contributed by atoms with Crippen LogP contribution < -0.4 is 14.8 Å². The maximum Gasteiger partial charge on any atom is 0.261 e. The molecular formula is C20H26N2O4S. The van der Waals surface area contributed by atoms with Crippen molar-refractivity contribution in [3.05, 3.63) is 73.0 Å². The summed E-state index contributed by atoms with van der Waals surface area (Å²) in [5.41, 5.74) is 2.22. The Bertz CT molecular complexity index is 860. The van der Waals surface area contributed by atoms with Gasteiger partial charge >= 0.3 is 0 Å². The molecule has 0 unspecified atom stereocenters. The van der Waals surface area contributed by atoms with Crippen LogP contribution in [0.2, 0.25) is 0 Å². The first-order valence-electron chi connectivity index (χ1n) is 8.12. The van der Waals surface area contributed by atoms with Crippen molar-refractivity contribution < 1.29 is 17.9 Å². The largest absolute Gasteiger partial charge is 0.504 e. The van der Waals surface area contributed by atoms with Gasteiger partial charge in [0.25, 0.3) is 10.0 Å². The Morgan fingerprint density at radius 3 is 2.07 bits per heavy atom. The maximum atomic E-state index is 12.3. The molecule has 0 spiro atoms. The van der Waals surface area contributed by atoms with E-state index in [9.17, 15) is 8.42 Å². The predicted molar refractivity (Wildman–Crippen MR) is 111 cm³/mol. The molecule has 0 aliphatic rings. The van der Waals surface area contributed by atoms with Gasteiger partial charge in [-0.2, -0.15) is 0 Å². The maximum absolute atomic E-state index is 12.3. The first kappa shape index (κ1) is 22.1. The highest BCUT2D eigenvalue weighted by Gasteiger charge is 2.15. The van der Waals surface area contributed by atoms with Gasteiger partial charge in [-0.1, -0.05) is 24.3 Å². The lowest BCUT2D eigenvalue weighted by Crippen LogP contribution is -2.14. The summed E-state index contributed by atoms with van der Waals surface area (Å²) in [5, 5.41) is 2.94. The second-order valence-corrected chi connectivity index (χ2v) is 7.14. The number of nitrogens with one attached hydrogen (secondary N) is 2. The second kappa shape index (κ2) is 10.9. The van der Waals surface area contributed by atoms with Crippen molar-refractivity contribution in [2.75, 3.05) is 31.3 Å². The number of anilines is 2. The van der Waals surface area contributed by atoms with E-state index >= 15 is 0 Å². The molecule has 0 saturated carbocycles. The zero-order valence-electron chi connectivity index (χ0n) is 16.0. The molecule has 0 amide bonds. The van der Waals surface area contributed by atoms with Crippen LogP contribution in [0.25, 0.3) is 0 Å². The monoisotopic (exact) mass is 390 g/mol. The average molecular weight is 391 g/mol. The van der Waals surface area contributed by atoms with Crippen LogP contribution in [0.15, 0.2) is 77.9 Å². The molecule has 2 N–H and O–H groups in total. The van der Waals surface area contributed by atoms with E-state index in [0.29, 0.717) is 17.1 Å². The van der Waals surface area contributed by atoms with Crippen LogP contribution in [0.5, 0.6) is 5.75 Å². The molecule has 0 aliphatic heterocycles. The fourth-order valence-electron chi connectivity index (χ4n) is 1.93. The van der Waals surface area contributed by atoms with Crippen molar-refractivity contribution >= 4 is 21.4 Å². The zero-order chi connectivity index (χ0) is 20.3. The lowest BCUT2D eigenvalue weighted by molar-refractivity contribution is 0.338. The quantitative estimate of drug-likeness (QED) is 0.546. The minimum absolute atomic E-state index is 0.184. The number of hydrogen-bond donors (Lipinski definition) is 2. The SMILES string of the molecule is C=C(C)/C=C/OC.CNc1ccccc1NS(=O)(=O)c1ccc(OC)cc1. The Balaban J connectivity index is 0.000000445. The number of para-hydroxylation sites is 2. The Morgan fingerprint density at radius 1 is 1.04 bits per heavy atom. The Labute approximate surface area is 161 Å². The molecular weight excluding hydrogens is 364 g/mol. The molecule has 2 aromatic rings. The number of rotatable bonds is 7. The second-order valence-electron chi connectivity index (χ2n) is 5.46. The highest BCUT2D eigenvalue weighted by Crippen LogP contribution is 2.24. The Kier molecular flexibility index (Phi) is 8.95. The van der Waals surface area contributed by atoms with Gasteiger partial charge in [0.15, 0.2) is 0 Å². The fourth-order valence-corrected chi connectivity index (χ4v) is 3.01. The molecule has 0 saturated heterocycles. The molecule has 0 atom stereocenters. The highest BCUT2D eigenvalue weighted by atomic mass is 32.2. The molecule has 0 bridgehead atoms. The van der Waals surface area contributed by atoms with Crippen molar-refractivity contribution in [2.24, 2.45) is 0 Å². The molecule has 0 radical (unpaired) electrons. The minimum atomic E-state index is -3.62. The molecule has 0 aromatic heterocycles. The first-order chi connectivity index (χ1) is 12.8. The molecule has 146 valence electrons. The van der Waals surface area contributed by atoms with Gasteiger partial charge in [0.1, 0.15) is 5.75 Å². The highest BCUT2D eigenvalue weighted by molar-refractivity contribution is 7.92. The summed E-state index contributed by atoms with van der Waals surface area (Å²) in [5.74, 6) is 0.611. The van der Waals surface area contributed by atoms with Crippen molar-refractivity contribution in [1.82, 2.24) is 0 Å². The number of benzene rings is 2. The van der Waals surface area contributed by atoms with Crippen molar-refractivity contribution in [2.45, 2.75) is 11.8 Å². The van der Waals surface area contributed by atoms with E-state index in [1.165, 1.54) is 19.2 Å². The van der Waals surface area contributed by atoms with Crippen molar-refractivity contribution in [3.8, 4) is 5.75 Å². The molecule has 0 fully saturated rings. The van der Waals surface area contributed by atoms with Crippen molar-refractivity contribution in [3.63, 3.8) is 0 Å². The van der Waals surface area contributed by atoms with E-state index in [2.05, 4.69) is 21.4 Å². The smallest absolute Gasteiger partial charge is 0.261 e. The van der Waals surface area contributed by atoms with Gasteiger partial charge in [-0.15, -0.1) is 0 Å². The minimum Gasteiger partial charge on any atom is -0.504 e. The standard InChI is InChI=1S/C14H16N2O3S.C6H10O/c1-15-13-5-3-4-6-14(13)16-20(17,18)12-9-7-11(19-2)8-10-12;1-6(2)4-5-7-3/h3-10,15-16H,1-2H3;4-5H,1H2,2-3H3/b;5-4+. The molecule has 27 heavy (non-hydrogen) atoms. The Hall–Kier alpha value is -2.93. The van der Waals surface area contributed by atoms with E-state index in [-0.39, 0.29) is 4.90 Å². The zero-order valence-corrected chi connectivity index (χ0v) is 16.8.